The van der Waals surface area contributed by atoms with Crippen LogP contribution >= 0.6 is 22.9 Å². The lowest BCUT2D eigenvalue weighted by atomic mass is 10.2. The van der Waals surface area contributed by atoms with E-state index in [2.05, 4.69) is 20.2 Å². The number of nitrogens with one attached hydrogen (secondary N) is 1. The molecular weight excluding hydrogens is 402 g/mol. The molecule has 0 saturated carbocycles. The van der Waals surface area contributed by atoms with Crippen LogP contribution in [-0.4, -0.2) is 46.7 Å². The molecular formula is C18H18ClN5O3S. The normalized spacial score (nSPS) is 14.4. The minimum Gasteiger partial charge on any atom is -0.378 e. The summed E-state index contributed by atoms with van der Waals surface area (Å²) >= 11 is 7.37. The quantitative estimate of drug-likeness (QED) is 0.697. The van der Waals surface area contributed by atoms with Crippen LogP contribution in [-0.2, 0) is 16.1 Å². The highest BCUT2D eigenvalue weighted by Gasteiger charge is 2.18. The number of rotatable bonds is 4. The molecule has 0 atom stereocenters. The van der Waals surface area contributed by atoms with Crippen molar-refractivity contribution in [1.29, 1.82) is 0 Å². The van der Waals surface area contributed by atoms with Crippen molar-refractivity contribution in [2.45, 2.75) is 13.5 Å². The van der Waals surface area contributed by atoms with E-state index < -0.39 is 0 Å². The highest BCUT2D eigenvalue weighted by atomic mass is 35.5. The van der Waals surface area contributed by atoms with Gasteiger partial charge in [-0.15, -0.1) is 0 Å². The fourth-order valence-corrected chi connectivity index (χ4v) is 4.06. The molecule has 146 valence electrons. The van der Waals surface area contributed by atoms with Crippen LogP contribution in [0.5, 0.6) is 0 Å². The summed E-state index contributed by atoms with van der Waals surface area (Å²) < 4.78 is 7.07. The van der Waals surface area contributed by atoms with Crippen LogP contribution in [0.3, 0.4) is 0 Å². The maximum atomic E-state index is 12.8. The monoisotopic (exact) mass is 419 g/mol. The average molecular weight is 420 g/mol. The van der Waals surface area contributed by atoms with Gasteiger partial charge in [0.1, 0.15) is 17.6 Å². The summed E-state index contributed by atoms with van der Waals surface area (Å²) in [5, 5.41) is 4.06. The minimum atomic E-state index is -0.332. The number of carbonyl (C=O) groups excluding carboxylic acids is 1. The summed E-state index contributed by atoms with van der Waals surface area (Å²) in [4.78, 5) is 35.9. The zero-order valence-electron chi connectivity index (χ0n) is 15.1. The minimum absolute atomic E-state index is 0.141. The molecule has 1 saturated heterocycles. The Balaban J connectivity index is 1.53. The Hall–Kier alpha value is -2.49. The first-order valence-electron chi connectivity index (χ1n) is 8.76. The number of fused-ring (bicyclic) bond motifs is 1. The third-order valence-corrected chi connectivity index (χ3v) is 5.92. The molecule has 4 rings (SSSR count). The lowest BCUT2D eigenvalue weighted by Crippen LogP contribution is -2.36. The smallest absolute Gasteiger partial charge is 0.273 e. The van der Waals surface area contributed by atoms with Gasteiger partial charge in [0.25, 0.3) is 5.56 Å². The molecule has 0 bridgehead atoms. The van der Waals surface area contributed by atoms with Gasteiger partial charge in [-0.05, 0) is 24.6 Å². The van der Waals surface area contributed by atoms with Crippen molar-refractivity contribution >= 4 is 50.0 Å². The molecule has 0 radical (unpaired) electrons. The van der Waals surface area contributed by atoms with Crippen LogP contribution in [0.1, 0.15) is 5.56 Å². The van der Waals surface area contributed by atoms with E-state index in [1.807, 2.05) is 13.0 Å². The summed E-state index contributed by atoms with van der Waals surface area (Å²) in [5.41, 5.74) is 1.62. The Morgan fingerprint density at radius 1 is 1.36 bits per heavy atom. The van der Waals surface area contributed by atoms with Gasteiger partial charge in [0.15, 0.2) is 10.8 Å². The number of benzene rings is 1. The molecule has 1 aliphatic rings. The fourth-order valence-electron chi connectivity index (χ4n) is 2.86. The standard InChI is InChI=1S/C18H18ClN5O3S/c1-11-2-3-12(8-13(11)19)21-14(25)9-24-10-20-16-15(17(24)26)28-18(22-16)23-4-6-27-7-5-23/h2-3,8,10H,4-7,9H2,1H3,(H,21,25). The molecule has 28 heavy (non-hydrogen) atoms. The number of hydrogen-bond donors (Lipinski definition) is 1. The third kappa shape index (κ3) is 3.87. The highest BCUT2D eigenvalue weighted by Crippen LogP contribution is 2.25. The van der Waals surface area contributed by atoms with E-state index in [-0.39, 0.29) is 18.0 Å². The number of nitrogens with zero attached hydrogens (tertiary/aromatic N) is 4. The molecule has 0 unspecified atom stereocenters. The van der Waals surface area contributed by atoms with E-state index in [0.717, 1.165) is 23.8 Å². The number of anilines is 2. The SMILES string of the molecule is Cc1ccc(NC(=O)Cn2cnc3nc(N4CCOCC4)sc3c2=O)cc1Cl. The number of aromatic nitrogens is 3. The topological polar surface area (TPSA) is 89.3 Å². The number of morpholine rings is 1. The van der Waals surface area contributed by atoms with Crippen molar-refractivity contribution < 1.29 is 9.53 Å². The summed E-state index contributed by atoms with van der Waals surface area (Å²) in [6.07, 6.45) is 1.36. The first kappa shape index (κ1) is 18.9. The number of aryl methyl sites for hydroxylation is 1. The van der Waals surface area contributed by atoms with E-state index in [4.69, 9.17) is 16.3 Å². The Kier molecular flexibility index (Phi) is 5.29. The van der Waals surface area contributed by atoms with E-state index >= 15 is 0 Å². The maximum absolute atomic E-state index is 12.8. The zero-order chi connectivity index (χ0) is 19.7. The van der Waals surface area contributed by atoms with Crippen LogP contribution in [0.4, 0.5) is 10.8 Å². The second-order valence-electron chi connectivity index (χ2n) is 6.44. The molecule has 3 heterocycles. The van der Waals surface area contributed by atoms with E-state index in [9.17, 15) is 9.59 Å². The number of hydrogen-bond acceptors (Lipinski definition) is 7. The van der Waals surface area contributed by atoms with Crippen LogP contribution in [0.25, 0.3) is 10.3 Å². The Bertz CT molecular complexity index is 1090. The van der Waals surface area contributed by atoms with Gasteiger partial charge in [-0.3, -0.25) is 14.2 Å². The molecule has 2 aromatic heterocycles. The molecule has 1 aliphatic heterocycles. The predicted octanol–water partition coefficient (Wildman–Crippen LogP) is 2.29. The van der Waals surface area contributed by atoms with Crippen LogP contribution in [0.15, 0.2) is 29.3 Å². The van der Waals surface area contributed by atoms with Crippen molar-refractivity contribution in [2.24, 2.45) is 0 Å². The molecule has 1 aromatic carbocycles. The number of carbonyl (C=O) groups is 1. The van der Waals surface area contributed by atoms with Crippen molar-refractivity contribution in [1.82, 2.24) is 14.5 Å². The summed E-state index contributed by atoms with van der Waals surface area (Å²) in [7, 11) is 0. The fraction of sp³-hybridized carbons (Fsp3) is 0.333. The summed E-state index contributed by atoms with van der Waals surface area (Å²) in [6, 6.07) is 5.26. The van der Waals surface area contributed by atoms with Gasteiger partial charge < -0.3 is 15.0 Å². The molecule has 0 spiro atoms. The van der Waals surface area contributed by atoms with Gasteiger partial charge in [-0.25, -0.2) is 4.98 Å². The number of thiazole rings is 1. The second-order valence-corrected chi connectivity index (χ2v) is 7.82. The predicted molar refractivity (Wildman–Crippen MR) is 110 cm³/mol. The van der Waals surface area contributed by atoms with E-state index in [0.29, 0.717) is 34.3 Å². The van der Waals surface area contributed by atoms with Crippen LogP contribution in [0.2, 0.25) is 5.02 Å². The van der Waals surface area contributed by atoms with Gasteiger partial charge >= 0.3 is 0 Å². The van der Waals surface area contributed by atoms with Gasteiger partial charge in [0, 0.05) is 23.8 Å². The Labute approximate surface area is 169 Å². The first-order chi connectivity index (χ1) is 13.5. The van der Waals surface area contributed by atoms with Crippen molar-refractivity contribution in [2.75, 3.05) is 36.5 Å². The molecule has 0 aliphatic carbocycles. The number of ether oxygens (including phenoxy) is 1. The lowest BCUT2D eigenvalue weighted by Gasteiger charge is -2.25. The largest absolute Gasteiger partial charge is 0.378 e. The number of halogens is 1. The van der Waals surface area contributed by atoms with Crippen LogP contribution in [0, 0.1) is 6.92 Å². The van der Waals surface area contributed by atoms with E-state index in [1.165, 1.54) is 22.2 Å². The van der Waals surface area contributed by atoms with Crippen molar-refractivity contribution in [3.05, 3.63) is 45.5 Å². The second kappa shape index (κ2) is 7.86. The van der Waals surface area contributed by atoms with Crippen molar-refractivity contribution in [3.63, 3.8) is 0 Å². The number of amides is 1. The van der Waals surface area contributed by atoms with Crippen molar-refractivity contribution in [3.8, 4) is 0 Å². The summed E-state index contributed by atoms with van der Waals surface area (Å²) in [6.45, 7) is 4.48. The van der Waals surface area contributed by atoms with Gasteiger partial charge in [-0.1, -0.05) is 29.0 Å². The van der Waals surface area contributed by atoms with Gasteiger partial charge in [-0.2, -0.15) is 4.98 Å². The molecule has 1 N–H and O–H groups in total. The Morgan fingerprint density at radius 2 is 2.14 bits per heavy atom. The molecule has 8 nitrogen and oxygen atoms in total. The zero-order valence-corrected chi connectivity index (χ0v) is 16.7. The first-order valence-corrected chi connectivity index (χ1v) is 9.95. The molecule has 10 heteroatoms. The Morgan fingerprint density at radius 3 is 2.89 bits per heavy atom. The lowest BCUT2D eigenvalue weighted by molar-refractivity contribution is -0.116. The summed E-state index contributed by atoms with van der Waals surface area (Å²) in [5.74, 6) is -0.332. The molecule has 3 aromatic rings. The maximum Gasteiger partial charge on any atom is 0.273 e. The molecule has 1 fully saturated rings. The third-order valence-electron chi connectivity index (χ3n) is 4.42. The van der Waals surface area contributed by atoms with Gasteiger partial charge in [0.2, 0.25) is 5.91 Å². The van der Waals surface area contributed by atoms with Crippen LogP contribution < -0.4 is 15.8 Å². The molecule has 1 amide bonds. The van der Waals surface area contributed by atoms with Gasteiger partial charge in [0.05, 0.1) is 13.2 Å². The van der Waals surface area contributed by atoms with E-state index in [1.54, 1.807) is 12.1 Å². The highest BCUT2D eigenvalue weighted by molar-refractivity contribution is 7.22. The average Bonchev–Trinajstić information content (AvgIpc) is 3.13.